The van der Waals surface area contributed by atoms with E-state index in [1.54, 1.807) is 0 Å². The summed E-state index contributed by atoms with van der Waals surface area (Å²) in [7, 11) is 1.95. The third kappa shape index (κ3) is 2.41. The molecule has 1 aliphatic heterocycles. The third-order valence-corrected chi connectivity index (χ3v) is 5.75. The molecule has 2 fully saturated rings. The molecule has 0 spiro atoms. The Kier molecular flexibility index (Phi) is 3.47. The Morgan fingerprint density at radius 2 is 2.12 bits per heavy atom. The van der Waals surface area contributed by atoms with Crippen LogP contribution in [0.1, 0.15) is 48.4 Å². The average molecular weight is 361 g/mol. The predicted octanol–water partition coefficient (Wildman–Crippen LogP) is 3.57. The largest absolute Gasteiger partial charge is 0.372 e. The number of nitrogens with zero attached hydrogens (tertiary/aromatic N) is 2. The molecule has 0 amide bonds. The molecule has 1 saturated heterocycles. The van der Waals surface area contributed by atoms with Gasteiger partial charge in [0.15, 0.2) is 0 Å². The molecule has 1 aromatic rings. The monoisotopic (exact) mass is 361 g/mol. The molecule has 17 heavy (non-hydrogen) atoms. The first-order chi connectivity index (χ1) is 8.29. The van der Waals surface area contributed by atoms with E-state index in [-0.39, 0.29) is 0 Å². The minimum atomic E-state index is 0.525. The zero-order valence-electron chi connectivity index (χ0n) is 9.87. The van der Waals surface area contributed by atoms with Crippen molar-refractivity contribution in [1.82, 2.24) is 9.97 Å². The van der Waals surface area contributed by atoms with Gasteiger partial charge in [-0.2, -0.15) is 11.8 Å². The van der Waals surface area contributed by atoms with Gasteiger partial charge in [-0.3, -0.25) is 0 Å². The first-order valence-electron chi connectivity index (χ1n) is 6.16. The fraction of sp³-hybridized carbons (Fsp3) is 0.667. The van der Waals surface area contributed by atoms with Gasteiger partial charge >= 0.3 is 0 Å². The molecule has 1 unspecified atom stereocenters. The minimum absolute atomic E-state index is 0.525. The molecule has 0 bridgehead atoms. The van der Waals surface area contributed by atoms with E-state index in [0.717, 1.165) is 11.6 Å². The van der Waals surface area contributed by atoms with Crippen LogP contribution in [0.2, 0.25) is 0 Å². The Morgan fingerprint density at radius 1 is 1.29 bits per heavy atom. The molecule has 1 saturated carbocycles. The summed E-state index contributed by atoms with van der Waals surface area (Å²) in [6, 6.07) is 0. The molecule has 0 aromatic carbocycles. The zero-order valence-corrected chi connectivity index (χ0v) is 12.8. The molecule has 2 aliphatic rings. The summed E-state index contributed by atoms with van der Waals surface area (Å²) < 4.78 is 1.22. The molecule has 3 nitrogen and oxygen atoms in total. The zero-order chi connectivity index (χ0) is 11.8. The highest BCUT2D eigenvalue weighted by Crippen LogP contribution is 2.44. The predicted molar refractivity (Wildman–Crippen MR) is 80.7 cm³/mol. The summed E-state index contributed by atoms with van der Waals surface area (Å²) in [5, 5.41) is 3.74. The average Bonchev–Trinajstić information content (AvgIpc) is 3.04. The van der Waals surface area contributed by atoms with Crippen molar-refractivity contribution in [2.24, 2.45) is 0 Å². The fourth-order valence-electron chi connectivity index (χ4n) is 2.20. The lowest BCUT2D eigenvalue weighted by molar-refractivity contribution is 0.763. The Balaban J connectivity index is 2.00. The van der Waals surface area contributed by atoms with Crippen LogP contribution in [0.4, 0.5) is 5.82 Å². The maximum atomic E-state index is 4.85. The standard InChI is InChI=1S/C12H16IN3S/c1-14-12-9(13)10(7-4-5-7)15-11(16-12)8-3-2-6-17-8/h7-8H,2-6H2,1H3,(H,14,15,16). The van der Waals surface area contributed by atoms with Gasteiger partial charge in [0, 0.05) is 13.0 Å². The van der Waals surface area contributed by atoms with Crippen molar-refractivity contribution in [2.75, 3.05) is 18.1 Å². The summed E-state index contributed by atoms with van der Waals surface area (Å²) in [6.45, 7) is 0. The second-order valence-corrected chi connectivity index (χ2v) is 7.04. The van der Waals surface area contributed by atoms with Gasteiger partial charge in [-0.05, 0) is 54.0 Å². The number of nitrogens with one attached hydrogen (secondary N) is 1. The lowest BCUT2D eigenvalue weighted by Crippen LogP contribution is -2.08. The van der Waals surface area contributed by atoms with Gasteiger partial charge in [-0.15, -0.1) is 0 Å². The van der Waals surface area contributed by atoms with Crippen LogP contribution in [-0.4, -0.2) is 22.8 Å². The van der Waals surface area contributed by atoms with Crippen molar-refractivity contribution in [2.45, 2.75) is 36.9 Å². The molecule has 1 aliphatic carbocycles. The van der Waals surface area contributed by atoms with Crippen LogP contribution in [0.3, 0.4) is 0 Å². The van der Waals surface area contributed by atoms with Gasteiger partial charge < -0.3 is 5.32 Å². The van der Waals surface area contributed by atoms with Gasteiger partial charge in [0.05, 0.1) is 14.5 Å². The fourth-order valence-corrected chi connectivity index (χ4v) is 4.36. The SMILES string of the molecule is CNc1nc(C2CCCS2)nc(C2CC2)c1I. The van der Waals surface area contributed by atoms with Crippen molar-refractivity contribution in [3.05, 3.63) is 15.1 Å². The van der Waals surface area contributed by atoms with E-state index in [9.17, 15) is 0 Å². The number of aromatic nitrogens is 2. The quantitative estimate of drug-likeness (QED) is 0.836. The van der Waals surface area contributed by atoms with Crippen LogP contribution < -0.4 is 5.32 Å². The van der Waals surface area contributed by atoms with Crippen LogP contribution in [0, 0.1) is 3.57 Å². The van der Waals surface area contributed by atoms with Gasteiger partial charge in [-0.1, -0.05) is 0 Å². The highest BCUT2D eigenvalue weighted by atomic mass is 127. The third-order valence-electron chi connectivity index (χ3n) is 3.31. The highest BCUT2D eigenvalue weighted by molar-refractivity contribution is 14.1. The van der Waals surface area contributed by atoms with E-state index in [1.807, 2.05) is 18.8 Å². The maximum absolute atomic E-state index is 4.85. The Bertz CT molecular complexity index is 428. The number of hydrogen-bond donors (Lipinski definition) is 1. The second-order valence-electron chi connectivity index (χ2n) is 4.66. The van der Waals surface area contributed by atoms with Crippen LogP contribution in [0.5, 0.6) is 0 Å². The van der Waals surface area contributed by atoms with Crippen LogP contribution in [0.25, 0.3) is 0 Å². The first-order valence-corrected chi connectivity index (χ1v) is 8.29. The van der Waals surface area contributed by atoms with Crippen molar-refractivity contribution in [1.29, 1.82) is 0 Å². The van der Waals surface area contributed by atoms with Gasteiger partial charge in [0.1, 0.15) is 11.6 Å². The molecular formula is C12H16IN3S. The molecule has 1 N–H and O–H groups in total. The van der Waals surface area contributed by atoms with E-state index < -0.39 is 0 Å². The topological polar surface area (TPSA) is 37.8 Å². The van der Waals surface area contributed by atoms with Crippen LogP contribution in [0.15, 0.2) is 0 Å². The molecule has 1 atom stereocenters. The van der Waals surface area contributed by atoms with Crippen LogP contribution in [-0.2, 0) is 0 Å². The van der Waals surface area contributed by atoms with Crippen molar-refractivity contribution in [3.8, 4) is 0 Å². The Labute approximate surface area is 120 Å². The Hall–Kier alpha value is -0.0400. The number of thioether (sulfide) groups is 1. The number of halogens is 1. The Morgan fingerprint density at radius 3 is 2.71 bits per heavy atom. The van der Waals surface area contributed by atoms with Gasteiger partial charge in [-0.25, -0.2) is 9.97 Å². The van der Waals surface area contributed by atoms with Crippen molar-refractivity contribution in [3.63, 3.8) is 0 Å². The van der Waals surface area contributed by atoms with Crippen molar-refractivity contribution < 1.29 is 0 Å². The second kappa shape index (κ2) is 4.91. The lowest BCUT2D eigenvalue weighted by atomic mass is 10.2. The molecule has 3 rings (SSSR count). The molecule has 2 heterocycles. The molecule has 92 valence electrons. The van der Waals surface area contributed by atoms with Crippen LogP contribution >= 0.6 is 34.4 Å². The number of rotatable bonds is 3. The summed E-state index contributed by atoms with van der Waals surface area (Å²) in [5.41, 5.74) is 1.28. The molecular weight excluding hydrogens is 345 g/mol. The molecule has 1 aromatic heterocycles. The summed E-state index contributed by atoms with van der Waals surface area (Å²) >= 11 is 4.39. The first kappa shape index (κ1) is 12.0. The number of anilines is 1. The smallest absolute Gasteiger partial charge is 0.144 e. The van der Waals surface area contributed by atoms with Gasteiger partial charge in [0.25, 0.3) is 0 Å². The van der Waals surface area contributed by atoms with Gasteiger partial charge in [0.2, 0.25) is 0 Å². The van der Waals surface area contributed by atoms with E-state index in [4.69, 9.17) is 9.97 Å². The molecule has 5 heteroatoms. The number of hydrogen-bond acceptors (Lipinski definition) is 4. The summed E-state index contributed by atoms with van der Waals surface area (Å²) in [5.74, 6) is 4.03. The van der Waals surface area contributed by atoms with E-state index in [0.29, 0.717) is 11.2 Å². The van der Waals surface area contributed by atoms with E-state index >= 15 is 0 Å². The molecule has 0 radical (unpaired) electrons. The van der Waals surface area contributed by atoms with E-state index in [1.165, 1.54) is 40.7 Å². The van der Waals surface area contributed by atoms with Crippen molar-refractivity contribution >= 4 is 40.2 Å². The summed E-state index contributed by atoms with van der Waals surface area (Å²) in [4.78, 5) is 9.54. The lowest BCUT2D eigenvalue weighted by Gasteiger charge is -2.13. The normalized spacial score (nSPS) is 24.0. The maximum Gasteiger partial charge on any atom is 0.144 e. The highest BCUT2D eigenvalue weighted by Gasteiger charge is 2.31. The summed E-state index contributed by atoms with van der Waals surface area (Å²) in [6.07, 6.45) is 5.14. The minimum Gasteiger partial charge on any atom is -0.372 e. The van der Waals surface area contributed by atoms with E-state index in [2.05, 4.69) is 27.9 Å².